The number of amides is 1. The number of ether oxygens (including phenoxy) is 2. The second kappa shape index (κ2) is 6.47. The fourth-order valence-electron chi connectivity index (χ4n) is 3.83. The number of fused-ring (bicyclic) bond motifs is 2. The van der Waals surface area contributed by atoms with Gasteiger partial charge in [0.25, 0.3) is 0 Å². The molecule has 2 aliphatic heterocycles. The van der Waals surface area contributed by atoms with Crippen LogP contribution in [-0.4, -0.2) is 19.1 Å². The Labute approximate surface area is 157 Å². The monoisotopic (exact) mass is 357 g/mol. The van der Waals surface area contributed by atoms with E-state index in [4.69, 9.17) is 9.47 Å². The number of hydrogen-bond donors (Lipinski definition) is 1. The first kappa shape index (κ1) is 15.9. The van der Waals surface area contributed by atoms with Crippen molar-refractivity contribution < 1.29 is 14.3 Å². The first-order chi connectivity index (χ1) is 13.3. The third kappa shape index (κ3) is 2.93. The van der Waals surface area contributed by atoms with Crippen LogP contribution in [0, 0.1) is 0 Å². The Bertz CT molecular complexity index is 996. The molecule has 0 bridgehead atoms. The number of carbonyl (C=O) groups is 1. The summed E-state index contributed by atoms with van der Waals surface area (Å²) < 4.78 is 11.4. The third-order valence-electron chi connectivity index (χ3n) is 5.17. The molecule has 1 amide bonds. The molecule has 0 aromatic heterocycles. The van der Waals surface area contributed by atoms with Gasteiger partial charge in [-0.2, -0.15) is 0 Å². The van der Waals surface area contributed by atoms with E-state index in [-0.39, 0.29) is 11.8 Å². The summed E-state index contributed by atoms with van der Waals surface area (Å²) in [5, 5.41) is 2.97. The Morgan fingerprint density at radius 2 is 1.48 bits per heavy atom. The first-order valence-electron chi connectivity index (χ1n) is 9.17. The lowest BCUT2D eigenvalue weighted by Gasteiger charge is -2.29. The van der Waals surface area contributed by atoms with Gasteiger partial charge in [-0.3, -0.25) is 4.79 Å². The molecular formula is C23H19NO3. The summed E-state index contributed by atoms with van der Waals surface area (Å²) in [6, 6.07) is 22.7. The summed E-state index contributed by atoms with van der Waals surface area (Å²) in [5.41, 5.74) is 5.37. The molecule has 4 heteroatoms. The lowest BCUT2D eigenvalue weighted by Crippen LogP contribution is -2.24. The number of carbonyl (C=O) groups excluding carboxylic acids is 1. The Hall–Kier alpha value is -3.27. The van der Waals surface area contributed by atoms with E-state index in [1.165, 1.54) is 11.1 Å². The van der Waals surface area contributed by atoms with Crippen molar-refractivity contribution in [3.8, 4) is 22.6 Å². The fraction of sp³-hybridized carbons (Fsp3) is 0.174. The summed E-state index contributed by atoms with van der Waals surface area (Å²) >= 11 is 0. The molecule has 1 N–H and O–H groups in total. The predicted molar refractivity (Wildman–Crippen MR) is 104 cm³/mol. The van der Waals surface area contributed by atoms with Crippen LogP contribution in [0.5, 0.6) is 11.5 Å². The SMILES string of the molecule is O=C1C[C@@H](c2ccc(-c3ccccc3)cc2)c2cc3c(cc2N1)OCCO3. The second-order valence-corrected chi connectivity index (χ2v) is 6.88. The van der Waals surface area contributed by atoms with Gasteiger partial charge in [0.1, 0.15) is 13.2 Å². The number of anilines is 1. The maximum atomic E-state index is 12.3. The minimum atomic E-state index is 0.00870. The number of hydrogen-bond acceptors (Lipinski definition) is 3. The van der Waals surface area contributed by atoms with E-state index in [0.29, 0.717) is 25.4 Å². The third-order valence-corrected chi connectivity index (χ3v) is 5.17. The van der Waals surface area contributed by atoms with E-state index >= 15 is 0 Å². The van der Waals surface area contributed by atoms with Crippen molar-refractivity contribution in [1.82, 2.24) is 0 Å². The number of benzene rings is 3. The molecule has 5 rings (SSSR count). The van der Waals surface area contributed by atoms with Crippen molar-refractivity contribution in [2.45, 2.75) is 12.3 Å². The van der Waals surface area contributed by atoms with Crippen molar-refractivity contribution in [1.29, 1.82) is 0 Å². The highest BCUT2D eigenvalue weighted by molar-refractivity contribution is 5.96. The average molecular weight is 357 g/mol. The maximum Gasteiger partial charge on any atom is 0.225 e. The van der Waals surface area contributed by atoms with E-state index in [1.54, 1.807) is 0 Å². The molecule has 0 spiro atoms. The minimum Gasteiger partial charge on any atom is -0.486 e. The van der Waals surface area contributed by atoms with Crippen molar-refractivity contribution >= 4 is 11.6 Å². The molecule has 0 aliphatic carbocycles. The highest BCUT2D eigenvalue weighted by atomic mass is 16.6. The molecule has 3 aromatic carbocycles. The predicted octanol–water partition coefficient (Wildman–Crippen LogP) is 4.60. The Morgan fingerprint density at radius 1 is 0.815 bits per heavy atom. The summed E-state index contributed by atoms with van der Waals surface area (Å²) in [4.78, 5) is 12.3. The van der Waals surface area contributed by atoms with E-state index < -0.39 is 0 Å². The quantitative estimate of drug-likeness (QED) is 0.729. The van der Waals surface area contributed by atoms with E-state index in [2.05, 4.69) is 41.7 Å². The zero-order chi connectivity index (χ0) is 18.2. The number of rotatable bonds is 2. The molecule has 2 heterocycles. The zero-order valence-electron chi connectivity index (χ0n) is 14.8. The molecule has 0 fully saturated rings. The van der Waals surface area contributed by atoms with E-state index in [1.807, 2.05) is 30.3 Å². The molecule has 4 nitrogen and oxygen atoms in total. The molecule has 0 saturated carbocycles. The molecule has 0 radical (unpaired) electrons. The lowest BCUT2D eigenvalue weighted by molar-refractivity contribution is -0.116. The van der Waals surface area contributed by atoms with Crippen LogP contribution in [0.3, 0.4) is 0 Å². The zero-order valence-corrected chi connectivity index (χ0v) is 14.8. The molecule has 0 unspecified atom stereocenters. The van der Waals surface area contributed by atoms with Crippen LogP contribution in [0.25, 0.3) is 11.1 Å². The fourth-order valence-corrected chi connectivity index (χ4v) is 3.83. The standard InChI is InChI=1S/C23H19NO3/c25-23-13-18(17-8-6-16(7-9-17)15-4-2-1-3-5-15)19-12-21-22(14-20(19)24-23)27-11-10-26-21/h1-9,12,14,18H,10-11,13H2,(H,24,25)/t18-/m0/s1. The van der Waals surface area contributed by atoms with Crippen molar-refractivity contribution in [2.75, 3.05) is 18.5 Å². The lowest BCUT2D eigenvalue weighted by atomic mass is 9.84. The van der Waals surface area contributed by atoms with Crippen LogP contribution >= 0.6 is 0 Å². The molecule has 27 heavy (non-hydrogen) atoms. The topological polar surface area (TPSA) is 47.6 Å². The van der Waals surface area contributed by atoms with Crippen LogP contribution in [0.1, 0.15) is 23.5 Å². The van der Waals surface area contributed by atoms with Crippen molar-refractivity contribution in [3.05, 3.63) is 77.9 Å². The van der Waals surface area contributed by atoms with Crippen LogP contribution in [0.15, 0.2) is 66.7 Å². The Balaban J connectivity index is 1.53. The Kier molecular flexibility index (Phi) is 3.82. The summed E-state index contributed by atoms with van der Waals surface area (Å²) in [6.07, 6.45) is 0.428. The molecule has 1 atom stereocenters. The first-order valence-corrected chi connectivity index (χ1v) is 9.17. The smallest absolute Gasteiger partial charge is 0.225 e. The number of nitrogens with one attached hydrogen (secondary N) is 1. The highest BCUT2D eigenvalue weighted by Gasteiger charge is 2.29. The largest absolute Gasteiger partial charge is 0.486 e. The van der Waals surface area contributed by atoms with Crippen LogP contribution < -0.4 is 14.8 Å². The van der Waals surface area contributed by atoms with E-state index in [9.17, 15) is 4.79 Å². The van der Waals surface area contributed by atoms with Gasteiger partial charge in [0.05, 0.1) is 0 Å². The maximum absolute atomic E-state index is 12.3. The molecular weight excluding hydrogens is 338 g/mol. The normalized spacial score (nSPS) is 17.8. The average Bonchev–Trinajstić information content (AvgIpc) is 2.72. The minimum absolute atomic E-state index is 0.00870. The molecule has 3 aromatic rings. The summed E-state index contributed by atoms with van der Waals surface area (Å²) in [6.45, 7) is 1.08. The van der Waals surface area contributed by atoms with Gasteiger partial charge in [0.15, 0.2) is 11.5 Å². The van der Waals surface area contributed by atoms with Gasteiger partial charge in [0, 0.05) is 24.1 Å². The van der Waals surface area contributed by atoms with Gasteiger partial charge in [-0.15, -0.1) is 0 Å². The van der Waals surface area contributed by atoms with E-state index in [0.717, 1.165) is 22.6 Å². The molecule has 2 aliphatic rings. The van der Waals surface area contributed by atoms with Crippen molar-refractivity contribution in [2.24, 2.45) is 0 Å². The summed E-state index contributed by atoms with van der Waals surface area (Å²) in [7, 11) is 0. The molecule has 0 saturated heterocycles. The van der Waals surface area contributed by atoms with Crippen LogP contribution in [0.2, 0.25) is 0 Å². The summed E-state index contributed by atoms with van der Waals surface area (Å²) in [5.74, 6) is 1.48. The van der Waals surface area contributed by atoms with Gasteiger partial charge in [-0.25, -0.2) is 0 Å². The van der Waals surface area contributed by atoms with Gasteiger partial charge < -0.3 is 14.8 Å². The highest BCUT2D eigenvalue weighted by Crippen LogP contribution is 2.44. The Morgan fingerprint density at radius 3 is 2.22 bits per heavy atom. The van der Waals surface area contributed by atoms with Crippen LogP contribution in [-0.2, 0) is 4.79 Å². The van der Waals surface area contributed by atoms with Crippen molar-refractivity contribution in [3.63, 3.8) is 0 Å². The van der Waals surface area contributed by atoms with Gasteiger partial charge in [-0.05, 0) is 28.3 Å². The van der Waals surface area contributed by atoms with Gasteiger partial charge >= 0.3 is 0 Å². The van der Waals surface area contributed by atoms with Gasteiger partial charge in [0.2, 0.25) is 5.91 Å². The second-order valence-electron chi connectivity index (χ2n) is 6.88. The van der Waals surface area contributed by atoms with Gasteiger partial charge in [-0.1, -0.05) is 54.6 Å². The molecule has 134 valence electrons. The van der Waals surface area contributed by atoms with Crippen LogP contribution in [0.4, 0.5) is 5.69 Å².